The minimum absolute atomic E-state index is 0.542. The lowest BCUT2D eigenvalue weighted by Crippen LogP contribution is -1.93. The molecule has 0 saturated heterocycles. The number of hydrogen-bond acceptors (Lipinski definition) is 1. The van der Waals surface area contributed by atoms with Gasteiger partial charge in [0.05, 0.1) is 0 Å². The molecule has 8 heavy (non-hydrogen) atoms. The molecule has 0 atom stereocenters. The molecule has 2 N–H and O–H groups in total. The molecule has 0 amide bonds. The molecule has 0 unspecified atom stereocenters. The molecule has 0 fully saturated rings. The van der Waals surface area contributed by atoms with Gasteiger partial charge < -0.3 is 5.73 Å². The Morgan fingerprint density at radius 1 is 1.75 bits per heavy atom. The smallest absolute Gasteiger partial charge is 0.170 e. The highest BCUT2D eigenvalue weighted by molar-refractivity contribution is 5.16. The van der Waals surface area contributed by atoms with E-state index in [4.69, 9.17) is 5.73 Å². The van der Waals surface area contributed by atoms with Gasteiger partial charge in [-0.3, -0.25) is 0 Å². The standard InChI is InChI=1S/C6H11N2/c1-6(7)4-5-8(2)3/h4-5H,1-2,7H2,3H3/q+1. The molecule has 0 saturated carbocycles. The summed E-state index contributed by atoms with van der Waals surface area (Å²) in [5, 5.41) is 0. The normalized spacial score (nSPS) is 9.62. The van der Waals surface area contributed by atoms with Crippen LogP contribution in [0.25, 0.3) is 0 Å². The highest BCUT2D eigenvalue weighted by atomic mass is 14.9. The Bertz CT molecular complexity index is 117. The summed E-state index contributed by atoms with van der Waals surface area (Å²) in [7, 11) is 1.82. The van der Waals surface area contributed by atoms with E-state index >= 15 is 0 Å². The van der Waals surface area contributed by atoms with Crippen LogP contribution in [0, 0.1) is 0 Å². The van der Waals surface area contributed by atoms with E-state index in [9.17, 15) is 0 Å². The van der Waals surface area contributed by atoms with Crippen molar-refractivity contribution >= 4 is 6.72 Å². The summed E-state index contributed by atoms with van der Waals surface area (Å²) in [6.07, 6.45) is 3.43. The molecule has 44 valence electrons. The zero-order valence-electron chi connectivity index (χ0n) is 5.09. The molecule has 0 bridgehead atoms. The molecule has 2 heteroatoms. The predicted molar refractivity (Wildman–Crippen MR) is 35.8 cm³/mol. The topological polar surface area (TPSA) is 29.0 Å². The van der Waals surface area contributed by atoms with Gasteiger partial charge in [0.15, 0.2) is 6.20 Å². The third-order valence-corrected chi connectivity index (χ3v) is 0.543. The van der Waals surface area contributed by atoms with Crippen LogP contribution in [-0.4, -0.2) is 18.3 Å². The largest absolute Gasteiger partial charge is 0.399 e. The molecule has 0 rings (SSSR count). The molecular formula is C6H11N2+. The number of hydrogen-bond donors (Lipinski definition) is 1. The molecular weight excluding hydrogens is 100 g/mol. The van der Waals surface area contributed by atoms with Crippen LogP contribution in [0.3, 0.4) is 0 Å². The second kappa shape index (κ2) is 3.02. The lowest BCUT2D eigenvalue weighted by atomic mass is 10.5. The van der Waals surface area contributed by atoms with Crippen molar-refractivity contribution in [3.8, 4) is 0 Å². The van der Waals surface area contributed by atoms with Crippen LogP contribution >= 0.6 is 0 Å². The van der Waals surface area contributed by atoms with E-state index in [1.165, 1.54) is 0 Å². The fourth-order valence-corrected chi connectivity index (χ4v) is 0.223. The van der Waals surface area contributed by atoms with Gasteiger partial charge >= 0.3 is 0 Å². The van der Waals surface area contributed by atoms with Crippen molar-refractivity contribution in [2.24, 2.45) is 5.73 Å². The zero-order valence-corrected chi connectivity index (χ0v) is 5.09. The summed E-state index contributed by atoms with van der Waals surface area (Å²) in [6.45, 7) is 7.02. The maximum absolute atomic E-state index is 5.20. The van der Waals surface area contributed by atoms with Gasteiger partial charge in [0.25, 0.3) is 0 Å². The molecule has 0 aliphatic heterocycles. The average Bonchev–Trinajstić information content (AvgIpc) is 1.61. The Labute approximate surface area is 49.6 Å². The van der Waals surface area contributed by atoms with Crippen molar-refractivity contribution in [1.29, 1.82) is 0 Å². The van der Waals surface area contributed by atoms with Gasteiger partial charge in [-0.25, -0.2) is 4.58 Å². The first kappa shape index (κ1) is 6.95. The van der Waals surface area contributed by atoms with Crippen LogP contribution in [0.2, 0.25) is 0 Å². The van der Waals surface area contributed by atoms with Crippen LogP contribution in [0.4, 0.5) is 0 Å². The molecule has 0 heterocycles. The van der Waals surface area contributed by atoms with Crippen LogP contribution in [0.1, 0.15) is 0 Å². The lowest BCUT2D eigenvalue weighted by Gasteiger charge is -1.81. The second-order valence-corrected chi connectivity index (χ2v) is 1.65. The van der Waals surface area contributed by atoms with Crippen LogP contribution in [-0.2, 0) is 0 Å². The monoisotopic (exact) mass is 111 g/mol. The van der Waals surface area contributed by atoms with Gasteiger partial charge in [0, 0.05) is 11.8 Å². The summed E-state index contributed by atoms with van der Waals surface area (Å²) in [6, 6.07) is 0. The quantitative estimate of drug-likeness (QED) is 0.310. The molecule has 0 aromatic rings. The molecule has 0 spiro atoms. The minimum Gasteiger partial charge on any atom is -0.399 e. The van der Waals surface area contributed by atoms with Gasteiger partial charge in [-0.15, -0.1) is 0 Å². The summed E-state index contributed by atoms with van der Waals surface area (Å²) in [5.41, 5.74) is 5.75. The van der Waals surface area contributed by atoms with Gasteiger partial charge in [0.1, 0.15) is 13.8 Å². The van der Waals surface area contributed by atoms with Crippen LogP contribution in [0.5, 0.6) is 0 Å². The zero-order chi connectivity index (χ0) is 6.57. The van der Waals surface area contributed by atoms with Gasteiger partial charge in [0.2, 0.25) is 0 Å². The van der Waals surface area contributed by atoms with E-state index in [0.717, 1.165) is 0 Å². The van der Waals surface area contributed by atoms with Crippen LogP contribution in [0.15, 0.2) is 24.6 Å². The number of nitrogens with two attached hydrogens (primary N) is 1. The molecule has 0 aliphatic rings. The van der Waals surface area contributed by atoms with Gasteiger partial charge in [-0.05, 0) is 0 Å². The fraction of sp³-hybridized carbons (Fsp3) is 0.167. The van der Waals surface area contributed by atoms with Gasteiger partial charge in [-0.1, -0.05) is 6.58 Å². The Hall–Kier alpha value is -1.05. The first-order valence-electron chi connectivity index (χ1n) is 2.29. The third kappa shape index (κ3) is 4.95. The molecule has 2 nitrogen and oxygen atoms in total. The van der Waals surface area contributed by atoms with E-state index < -0.39 is 0 Å². The summed E-state index contributed by atoms with van der Waals surface area (Å²) in [5.74, 6) is 0. The van der Waals surface area contributed by atoms with E-state index in [2.05, 4.69) is 13.3 Å². The minimum atomic E-state index is 0.542. The highest BCUT2D eigenvalue weighted by Gasteiger charge is 1.77. The summed E-state index contributed by atoms with van der Waals surface area (Å²) < 4.78 is 1.65. The first-order valence-corrected chi connectivity index (χ1v) is 2.29. The Balaban J connectivity index is 3.67. The highest BCUT2D eigenvalue weighted by Crippen LogP contribution is 1.78. The van der Waals surface area contributed by atoms with Crippen molar-refractivity contribution in [3.05, 3.63) is 24.6 Å². The van der Waals surface area contributed by atoms with E-state index in [1.807, 2.05) is 7.05 Å². The Morgan fingerprint density at radius 3 is 2.38 bits per heavy atom. The Kier molecular flexibility index (Phi) is 2.62. The average molecular weight is 111 g/mol. The fourth-order valence-electron chi connectivity index (χ4n) is 0.223. The summed E-state index contributed by atoms with van der Waals surface area (Å²) >= 11 is 0. The van der Waals surface area contributed by atoms with Crippen molar-refractivity contribution in [2.75, 3.05) is 7.05 Å². The van der Waals surface area contributed by atoms with E-state index in [-0.39, 0.29) is 0 Å². The van der Waals surface area contributed by atoms with Crippen molar-refractivity contribution < 1.29 is 4.58 Å². The number of rotatable bonds is 2. The van der Waals surface area contributed by atoms with Crippen molar-refractivity contribution in [2.45, 2.75) is 0 Å². The molecule has 0 aromatic carbocycles. The second-order valence-electron chi connectivity index (χ2n) is 1.65. The van der Waals surface area contributed by atoms with Crippen molar-refractivity contribution in [1.82, 2.24) is 0 Å². The SMILES string of the molecule is C=C(N)C=C[N+](=C)C. The first-order chi connectivity index (χ1) is 3.63. The molecule has 0 aromatic heterocycles. The van der Waals surface area contributed by atoms with E-state index in [0.29, 0.717) is 5.70 Å². The maximum Gasteiger partial charge on any atom is 0.170 e. The van der Waals surface area contributed by atoms with Crippen molar-refractivity contribution in [3.63, 3.8) is 0 Å². The molecule has 0 aliphatic carbocycles. The van der Waals surface area contributed by atoms with E-state index in [1.54, 1.807) is 16.9 Å². The molecule has 0 radical (unpaired) electrons. The number of nitrogens with zero attached hydrogens (tertiary/aromatic N) is 1. The third-order valence-electron chi connectivity index (χ3n) is 0.543. The lowest BCUT2D eigenvalue weighted by molar-refractivity contribution is -0.412. The Morgan fingerprint density at radius 2 is 2.25 bits per heavy atom. The predicted octanol–water partition coefficient (Wildman–Crippen LogP) is 0.315. The number of allylic oxidation sites excluding steroid dienone is 1. The van der Waals surface area contributed by atoms with Gasteiger partial charge in [-0.2, -0.15) is 0 Å². The van der Waals surface area contributed by atoms with Crippen LogP contribution < -0.4 is 5.73 Å². The summed E-state index contributed by atoms with van der Waals surface area (Å²) in [4.78, 5) is 0. The maximum atomic E-state index is 5.20.